The molecule has 5 rings (SSSR count). The fourth-order valence-electron chi connectivity index (χ4n) is 5.03. The molecule has 0 spiro atoms. The van der Waals surface area contributed by atoms with Crippen LogP contribution in [0.1, 0.15) is 46.8 Å². The van der Waals surface area contributed by atoms with Crippen molar-refractivity contribution in [2.45, 2.75) is 31.7 Å². The second-order valence-electron chi connectivity index (χ2n) is 8.87. The molecule has 6 nitrogen and oxygen atoms in total. The Balaban J connectivity index is 1.39. The van der Waals surface area contributed by atoms with Gasteiger partial charge in [-0.25, -0.2) is 4.79 Å². The van der Waals surface area contributed by atoms with Crippen LogP contribution in [0.25, 0.3) is 11.0 Å². The molecule has 1 fully saturated rings. The third-order valence-electron chi connectivity index (χ3n) is 6.76. The summed E-state index contributed by atoms with van der Waals surface area (Å²) < 4.78 is 5.35. The number of aryl methyl sites for hydroxylation is 1. The van der Waals surface area contributed by atoms with Crippen LogP contribution in [0.15, 0.2) is 57.7 Å². The van der Waals surface area contributed by atoms with Gasteiger partial charge in [-0.1, -0.05) is 30.3 Å². The summed E-state index contributed by atoms with van der Waals surface area (Å²) in [5.41, 5.74) is 3.85. The molecule has 1 unspecified atom stereocenters. The van der Waals surface area contributed by atoms with Crippen LogP contribution in [0, 0.1) is 0 Å². The van der Waals surface area contributed by atoms with Crippen LogP contribution in [0.2, 0.25) is 0 Å². The molecule has 6 heteroatoms. The number of fused-ring (bicyclic) bond motifs is 2. The van der Waals surface area contributed by atoms with Crippen LogP contribution in [-0.2, 0) is 6.42 Å². The minimum absolute atomic E-state index is 0.0518. The first-order valence-electron chi connectivity index (χ1n) is 11.5. The Labute approximate surface area is 187 Å². The zero-order chi connectivity index (χ0) is 22.1. The van der Waals surface area contributed by atoms with E-state index in [9.17, 15) is 9.59 Å². The number of nitrogens with zero attached hydrogens (tertiary/aromatic N) is 2. The van der Waals surface area contributed by atoms with Gasteiger partial charge in [0.15, 0.2) is 0 Å². The second kappa shape index (κ2) is 8.79. The zero-order valence-electron chi connectivity index (χ0n) is 18.5. The molecule has 2 aliphatic heterocycles. The van der Waals surface area contributed by atoms with Gasteiger partial charge in [0.05, 0.1) is 6.04 Å². The predicted molar refractivity (Wildman–Crippen MR) is 126 cm³/mol. The van der Waals surface area contributed by atoms with Gasteiger partial charge in [0.25, 0.3) is 5.91 Å². The molecule has 0 saturated carbocycles. The Morgan fingerprint density at radius 2 is 1.88 bits per heavy atom. The molecule has 1 atom stereocenters. The van der Waals surface area contributed by atoms with Crippen molar-refractivity contribution < 1.29 is 9.21 Å². The van der Waals surface area contributed by atoms with Crippen molar-refractivity contribution in [3.8, 4) is 0 Å². The molecule has 0 bridgehead atoms. The molecular weight excluding hydrogens is 402 g/mol. The SMILES string of the molecule is CN1CCCc2cc(C(CNC(=O)c3cc4ccccc4oc3=O)N3CCCC3)ccc21. The fraction of sp³-hybridized carbons (Fsp3) is 0.385. The lowest BCUT2D eigenvalue weighted by molar-refractivity contribution is 0.0934. The highest BCUT2D eigenvalue weighted by molar-refractivity contribution is 5.96. The fourth-order valence-corrected chi connectivity index (χ4v) is 5.03. The van der Waals surface area contributed by atoms with Crippen molar-refractivity contribution in [3.05, 3.63) is 75.6 Å². The van der Waals surface area contributed by atoms with Gasteiger partial charge in [0, 0.05) is 31.2 Å². The van der Waals surface area contributed by atoms with Gasteiger partial charge in [-0.2, -0.15) is 0 Å². The maximum absolute atomic E-state index is 12.9. The largest absolute Gasteiger partial charge is 0.422 e. The van der Waals surface area contributed by atoms with E-state index in [2.05, 4.69) is 40.4 Å². The van der Waals surface area contributed by atoms with Crippen LogP contribution in [0.4, 0.5) is 5.69 Å². The molecule has 3 aromatic rings. The van der Waals surface area contributed by atoms with Crippen LogP contribution in [0.3, 0.4) is 0 Å². The first-order chi connectivity index (χ1) is 15.6. The van der Waals surface area contributed by atoms with Crippen molar-refractivity contribution in [1.82, 2.24) is 10.2 Å². The number of hydrogen-bond acceptors (Lipinski definition) is 5. The molecular formula is C26H29N3O3. The lowest BCUT2D eigenvalue weighted by Gasteiger charge is -2.31. The minimum Gasteiger partial charge on any atom is -0.422 e. The number of likely N-dealkylation sites (tertiary alicyclic amines) is 1. The number of para-hydroxylation sites is 1. The van der Waals surface area contributed by atoms with E-state index in [0.29, 0.717) is 12.1 Å². The summed E-state index contributed by atoms with van der Waals surface area (Å²) >= 11 is 0. The van der Waals surface area contributed by atoms with Crippen LogP contribution in [0.5, 0.6) is 0 Å². The maximum atomic E-state index is 12.9. The van der Waals surface area contributed by atoms with Gasteiger partial charge in [-0.15, -0.1) is 0 Å². The van der Waals surface area contributed by atoms with E-state index < -0.39 is 5.63 Å². The Hall–Kier alpha value is -3.12. The van der Waals surface area contributed by atoms with E-state index in [1.54, 1.807) is 12.1 Å². The first-order valence-corrected chi connectivity index (χ1v) is 11.5. The highest BCUT2D eigenvalue weighted by atomic mass is 16.4. The Kier molecular flexibility index (Phi) is 5.70. The molecule has 2 aliphatic rings. The van der Waals surface area contributed by atoms with Gasteiger partial charge >= 0.3 is 5.63 Å². The summed E-state index contributed by atoms with van der Waals surface area (Å²) in [6.45, 7) is 3.59. The molecule has 166 valence electrons. The van der Waals surface area contributed by atoms with Crippen molar-refractivity contribution in [2.24, 2.45) is 0 Å². The number of hydrogen-bond donors (Lipinski definition) is 1. The number of nitrogens with one attached hydrogen (secondary N) is 1. The molecule has 32 heavy (non-hydrogen) atoms. The number of carbonyl (C=O) groups is 1. The average molecular weight is 432 g/mol. The summed E-state index contributed by atoms with van der Waals surface area (Å²) in [6, 6.07) is 15.7. The number of benzene rings is 2. The third-order valence-corrected chi connectivity index (χ3v) is 6.76. The van der Waals surface area contributed by atoms with Crippen LogP contribution < -0.4 is 15.8 Å². The Morgan fingerprint density at radius 3 is 2.72 bits per heavy atom. The maximum Gasteiger partial charge on any atom is 0.349 e. The van der Waals surface area contributed by atoms with E-state index in [4.69, 9.17) is 4.42 Å². The highest BCUT2D eigenvalue weighted by Gasteiger charge is 2.26. The van der Waals surface area contributed by atoms with E-state index in [1.807, 2.05) is 18.2 Å². The zero-order valence-corrected chi connectivity index (χ0v) is 18.5. The number of amides is 1. The average Bonchev–Trinajstić information content (AvgIpc) is 3.33. The van der Waals surface area contributed by atoms with Gasteiger partial charge < -0.3 is 14.6 Å². The standard InChI is InChI=1S/C26H29N3O3/c1-28-12-6-8-18-15-19(10-11-22(18)28)23(29-13-4-5-14-29)17-27-25(30)21-16-20-7-2-3-9-24(20)32-26(21)31/h2-3,7,9-11,15-16,23H,4-6,8,12-14,17H2,1H3,(H,27,30). The van der Waals surface area contributed by atoms with E-state index in [1.165, 1.54) is 29.7 Å². The molecule has 3 heterocycles. The molecule has 0 radical (unpaired) electrons. The van der Waals surface area contributed by atoms with E-state index in [0.717, 1.165) is 37.9 Å². The quantitative estimate of drug-likeness (QED) is 0.624. The molecule has 1 N–H and O–H groups in total. The summed E-state index contributed by atoms with van der Waals surface area (Å²) in [5.74, 6) is -0.383. The molecule has 1 aromatic heterocycles. The number of rotatable bonds is 5. The third kappa shape index (κ3) is 4.02. The molecule has 0 aliphatic carbocycles. The predicted octanol–water partition coefficient (Wildman–Crippen LogP) is 3.74. The molecule has 1 saturated heterocycles. The van der Waals surface area contributed by atoms with Gasteiger partial charge in [0.2, 0.25) is 0 Å². The molecule has 2 aromatic carbocycles. The Bertz CT molecular complexity index is 1200. The summed E-state index contributed by atoms with van der Waals surface area (Å²) in [6.07, 6.45) is 4.60. The van der Waals surface area contributed by atoms with Crippen molar-refractivity contribution in [1.29, 1.82) is 0 Å². The number of anilines is 1. The van der Waals surface area contributed by atoms with Gasteiger partial charge in [-0.3, -0.25) is 9.69 Å². The second-order valence-corrected chi connectivity index (χ2v) is 8.87. The van der Waals surface area contributed by atoms with Crippen LogP contribution >= 0.6 is 0 Å². The van der Waals surface area contributed by atoms with Gasteiger partial charge in [0.1, 0.15) is 11.1 Å². The minimum atomic E-state index is -0.601. The van der Waals surface area contributed by atoms with Crippen molar-refractivity contribution >= 4 is 22.6 Å². The van der Waals surface area contributed by atoms with Gasteiger partial charge in [-0.05, 0) is 68.1 Å². The van der Waals surface area contributed by atoms with Crippen molar-refractivity contribution in [2.75, 3.05) is 38.1 Å². The summed E-state index contributed by atoms with van der Waals surface area (Å²) in [5, 5.41) is 3.76. The first kappa shape index (κ1) is 20.8. The topological polar surface area (TPSA) is 65.8 Å². The summed E-state index contributed by atoms with van der Waals surface area (Å²) in [4.78, 5) is 30.1. The van der Waals surface area contributed by atoms with E-state index >= 15 is 0 Å². The monoisotopic (exact) mass is 431 g/mol. The normalized spacial score (nSPS) is 17.3. The molecule has 1 amide bonds. The number of carbonyl (C=O) groups excluding carboxylic acids is 1. The van der Waals surface area contributed by atoms with Crippen molar-refractivity contribution in [3.63, 3.8) is 0 Å². The van der Waals surface area contributed by atoms with E-state index in [-0.39, 0.29) is 17.5 Å². The van der Waals surface area contributed by atoms with Crippen LogP contribution in [-0.4, -0.2) is 44.0 Å². The lowest BCUT2D eigenvalue weighted by Crippen LogP contribution is -2.38. The highest BCUT2D eigenvalue weighted by Crippen LogP contribution is 2.32. The summed E-state index contributed by atoms with van der Waals surface area (Å²) in [7, 11) is 2.14. The Morgan fingerprint density at radius 1 is 1.06 bits per heavy atom. The smallest absolute Gasteiger partial charge is 0.349 e. The lowest BCUT2D eigenvalue weighted by atomic mass is 9.96.